The predicted octanol–water partition coefficient (Wildman–Crippen LogP) is 4.44. The summed E-state index contributed by atoms with van der Waals surface area (Å²) in [5.41, 5.74) is -0.407. The Labute approximate surface area is 139 Å². The van der Waals surface area contributed by atoms with Gasteiger partial charge in [0.15, 0.2) is 11.3 Å². The standard InChI is InChI=1S/C18H9F3N4/c19-18(20,21)16-8-15(24-17-14(9-22)10-23-25(16)17)13-6-5-11-3-1-2-4-12(11)7-13/h1-8,10H. The minimum Gasteiger partial charge on any atom is -0.227 e. The molecule has 7 heteroatoms. The molecule has 0 bridgehead atoms. The van der Waals surface area contributed by atoms with Gasteiger partial charge in [-0.15, -0.1) is 0 Å². The van der Waals surface area contributed by atoms with Crippen LogP contribution >= 0.6 is 0 Å². The number of hydrogen-bond acceptors (Lipinski definition) is 3. The zero-order valence-corrected chi connectivity index (χ0v) is 12.6. The predicted molar refractivity (Wildman–Crippen MR) is 85.6 cm³/mol. The van der Waals surface area contributed by atoms with Gasteiger partial charge in [-0.05, 0) is 22.9 Å². The number of fused-ring (bicyclic) bond motifs is 2. The van der Waals surface area contributed by atoms with Crippen LogP contribution in [-0.4, -0.2) is 14.6 Å². The summed E-state index contributed by atoms with van der Waals surface area (Å²) >= 11 is 0. The molecule has 0 unspecified atom stereocenters. The molecule has 2 aromatic carbocycles. The van der Waals surface area contributed by atoms with E-state index in [0.29, 0.717) is 10.1 Å². The number of benzene rings is 2. The molecular formula is C18H9F3N4. The van der Waals surface area contributed by atoms with Gasteiger partial charge in [-0.3, -0.25) is 0 Å². The highest BCUT2D eigenvalue weighted by Crippen LogP contribution is 2.33. The Balaban J connectivity index is 2.01. The SMILES string of the molecule is N#Cc1cnn2c(C(F)(F)F)cc(-c3ccc4ccccc4c3)nc12. The average molecular weight is 338 g/mol. The van der Waals surface area contributed by atoms with Crippen molar-refractivity contribution in [1.82, 2.24) is 14.6 Å². The van der Waals surface area contributed by atoms with E-state index in [1.807, 2.05) is 36.4 Å². The van der Waals surface area contributed by atoms with E-state index >= 15 is 0 Å². The van der Waals surface area contributed by atoms with Crippen LogP contribution in [0.5, 0.6) is 0 Å². The summed E-state index contributed by atoms with van der Waals surface area (Å²) in [5, 5.41) is 14.6. The summed E-state index contributed by atoms with van der Waals surface area (Å²) in [7, 11) is 0. The highest BCUT2D eigenvalue weighted by atomic mass is 19.4. The van der Waals surface area contributed by atoms with Crippen molar-refractivity contribution in [2.45, 2.75) is 6.18 Å². The third-order valence-electron chi connectivity index (χ3n) is 3.93. The summed E-state index contributed by atoms with van der Waals surface area (Å²) < 4.78 is 40.9. The Hall–Kier alpha value is -3.40. The van der Waals surface area contributed by atoms with E-state index in [2.05, 4.69) is 10.1 Å². The number of halogens is 3. The van der Waals surface area contributed by atoms with Gasteiger partial charge in [-0.1, -0.05) is 36.4 Å². The Bertz CT molecular complexity index is 1150. The van der Waals surface area contributed by atoms with E-state index in [-0.39, 0.29) is 16.9 Å². The molecule has 0 saturated heterocycles. The maximum absolute atomic E-state index is 13.4. The number of alkyl halides is 3. The van der Waals surface area contributed by atoms with Crippen molar-refractivity contribution in [2.24, 2.45) is 0 Å². The van der Waals surface area contributed by atoms with Crippen LogP contribution in [0.4, 0.5) is 13.2 Å². The molecule has 4 rings (SSSR count). The molecule has 4 nitrogen and oxygen atoms in total. The second-order valence-corrected chi connectivity index (χ2v) is 5.49. The molecule has 2 heterocycles. The molecule has 0 saturated carbocycles. The highest BCUT2D eigenvalue weighted by Gasteiger charge is 2.35. The normalized spacial score (nSPS) is 11.8. The summed E-state index contributed by atoms with van der Waals surface area (Å²) in [5.74, 6) is 0. The summed E-state index contributed by atoms with van der Waals surface area (Å²) in [4.78, 5) is 4.24. The first-order chi connectivity index (χ1) is 12.0. The van der Waals surface area contributed by atoms with E-state index in [0.717, 1.165) is 23.0 Å². The van der Waals surface area contributed by atoms with Gasteiger partial charge in [0.2, 0.25) is 0 Å². The Kier molecular flexibility index (Phi) is 3.22. The Morgan fingerprint density at radius 1 is 1.00 bits per heavy atom. The molecule has 0 spiro atoms. The van der Waals surface area contributed by atoms with E-state index in [4.69, 9.17) is 5.26 Å². The molecule has 0 radical (unpaired) electrons. The smallest absolute Gasteiger partial charge is 0.227 e. The summed E-state index contributed by atoms with van der Waals surface area (Å²) in [6.45, 7) is 0. The van der Waals surface area contributed by atoms with Gasteiger partial charge in [0, 0.05) is 5.56 Å². The first kappa shape index (κ1) is 15.1. The van der Waals surface area contributed by atoms with Crippen LogP contribution < -0.4 is 0 Å². The van der Waals surface area contributed by atoms with Gasteiger partial charge in [-0.2, -0.15) is 23.5 Å². The van der Waals surface area contributed by atoms with E-state index < -0.39 is 11.9 Å². The van der Waals surface area contributed by atoms with Gasteiger partial charge in [0.05, 0.1) is 11.9 Å². The fourth-order valence-electron chi connectivity index (χ4n) is 2.74. The summed E-state index contributed by atoms with van der Waals surface area (Å²) in [6.07, 6.45) is -3.53. The van der Waals surface area contributed by atoms with Crippen molar-refractivity contribution in [3.63, 3.8) is 0 Å². The third-order valence-corrected chi connectivity index (χ3v) is 3.93. The van der Waals surface area contributed by atoms with Crippen LogP contribution in [0.2, 0.25) is 0 Å². The van der Waals surface area contributed by atoms with Gasteiger partial charge >= 0.3 is 6.18 Å². The second kappa shape index (κ2) is 5.31. The number of hydrogen-bond donors (Lipinski definition) is 0. The quantitative estimate of drug-likeness (QED) is 0.515. The van der Waals surface area contributed by atoms with E-state index in [1.54, 1.807) is 12.1 Å². The maximum atomic E-state index is 13.4. The molecule has 25 heavy (non-hydrogen) atoms. The van der Waals surface area contributed by atoms with Crippen molar-refractivity contribution < 1.29 is 13.2 Å². The van der Waals surface area contributed by atoms with Crippen molar-refractivity contribution in [2.75, 3.05) is 0 Å². The molecule has 0 fully saturated rings. The molecule has 0 amide bonds. The molecular weight excluding hydrogens is 329 g/mol. The molecule has 4 aromatic rings. The van der Waals surface area contributed by atoms with Gasteiger partial charge < -0.3 is 0 Å². The number of rotatable bonds is 1. The zero-order valence-electron chi connectivity index (χ0n) is 12.6. The highest BCUT2D eigenvalue weighted by molar-refractivity contribution is 5.87. The number of nitriles is 1. The van der Waals surface area contributed by atoms with Crippen molar-refractivity contribution in [1.29, 1.82) is 5.26 Å². The van der Waals surface area contributed by atoms with Crippen LogP contribution in [0.3, 0.4) is 0 Å². The maximum Gasteiger partial charge on any atom is 0.433 e. The fourth-order valence-corrected chi connectivity index (χ4v) is 2.74. The molecule has 0 N–H and O–H groups in total. The molecule has 2 aromatic heterocycles. The van der Waals surface area contributed by atoms with Crippen molar-refractivity contribution in [3.8, 4) is 17.3 Å². The second-order valence-electron chi connectivity index (χ2n) is 5.49. The lowest BCUT2D eigenvalue weighted by atomic mass is 10.0. The third kappa shape index (κ3) is 2.48. The molecule has 122 valence electrons. The molecule has 0 aliphatic carbocycles. The van der Waals surface area contributed by atoms with Crippen LogP contribution in [0.25, 0.3) is 27.7 Å². The van der Waals surface area contributed by atoms with Crippen molar-refractivity contribution in [3.05, 3.63) is 66.0 Å². The first-order valence-corrected chi connectivity index (χ1v) is 7.32. The number of nitrogens with zero attached hydrogens (tertiary/aromatic N) is 4. The Morgan fingerprint density at radius 3 is 2.48 bits per heavy atom. The van der Waals surface area contributed by atoms with Gasteiger partial charge in [0.25, 0.3) is 0 Å². The van der Waals surface area contributed by atoms with Crippen LogP contribution in [0.1, 0.15) is 11.3 Å². The van der Waals surface area contributed by atoms with Gasteiger partial charge in [0.1, 0.15) is 11.6 Å². The van der Waals surface area contributed by atoms with E-state index in [9.17, 15) is 13.2 Å². The summed E-state index contributed by atoms with van der Waals surface area (Å²) in [6, 6.07) is 15.6. The molecule has 0 aliphatic heterocycles. The fraction of sp³-hybridized carbons (Fsp3) is 0.0556. The lowest BCUT2D eigenvalue weighted by Gasteiger charge is -2.11. The van der Waals surface area contributed by atoms with Crippen molar-refractivity contribution >= 4 is 16.4 Å². The average Bonchev–Trinajstić information content (AvgIpc) is 3.02. The Morgan fingerprint density at radius 2 is 1.76 bits per heavy atom. The molecule has 0 aliphatic rings. The minimum absolute atomic E-state index is 0.00635. The first-order valence-electron chi connectivity index (χ1n) is 7.32. The van der Waals surface area contributed by atoms with Crippen LogP contribution in [0.15, 0.2) is 54.7 Å². The van der Waals surface area contributed by atoms with Gasteiger partial charge in [-0.25, -0.2) is 9.50 Å². The monoisotopic (exact) mass is 338 g/mol. The van der Waals surface area contributed by atoms with Crippen LogP contribution in [-0.2, 0) is 6.18 Å². The topological polar surface area (TPSA) is 54.0 Å². The number of aromatic nitrogens is 3. The largest absolute Gasteiger partial charge is 0.433 e. The lowest BCUT2D eigenvalue weighted by Crippen LogP contribution is -2.13. The molecule has 0 atom stereocenters. The van der Waals surface area contributed by atoms with Crippen LogP contribution in [0, 0.1) is 11.3 Å². The van der Waals surface area contributed by atoms with E-state index in [1.165, 1.54) is 0 Å². The lowest BCUT2D eigenvalue weighted by molar-refractivity contribution is -0.142. The minimum atomic E-state index is -4.62. The zero-order chi connectivity index (χ0) is 17.6.